The molecule has 1 fully saturated rings. The number of amides is 1. The van der Waals surface area contributed by atoms with Crippen LogP contribution in [0.2, 0.25) is 0 Å². The molecular formula is C33H31NO6. The molecule has 1 atom stereocenters. The van der Waals surface area contributed by atoms with Gasteiger partial charge in [0.25, 0.3) is 11.7 Å². The van der Waals surface area contributed by atoms with E-state index in [0.717, 1.165) is 18.4 Å². The van der Waals surface area contributed by atoms with Crippen molar-refractivity contribution >= 4 is 17.4 Å². The smallest absolute Gasteiger partial charge is 0.296 e. The summed E-state index contributed by atoms with van der Waals surface area (Å²) in [5.74, 6) is 0.159. The zero-order chi connectivity index (χ0) is 27.9. The molecule has 1 aliphatic heterocycles. The lowest BCUT2D eigenvalue weighted by Crippen LogP contribution is -2.29. The van der Waals surface area contributed by atoms with Gasteiger partial charge in [-0.05, 0) is 66.1 Å². The number of ether oxygens (including phenoxy) is 2. The molecule has 204 valence electrons. The monoisotopic (exact) mass is 537 g/mol. The van der Waals surface area contributed by atoms with Gasteiger partial charge in [-0.25, -0.2) is 0 Å². The molecular weight excluding hydrogens is 506 g/mol. The van der Waals surface area contributed by atoms with Crippen molar-refractivity contribution in [1.82, 2.24) is 4.90 Å². The number of carbonyl (C=O) groups is 2. The van der Waals surface area contributed by atoms with Crippen molar-refractivity contribution in [2.75, 3.05) is 6.61 Å². The van der Waals surface area contributed by atoms with Crippen LogP contribution in [0.4, 0.5) is 0 Å². The minimum atomic E-state index is -0.811. The number of unbranched alkanes of at least 4 members (excludes halogenated alkanes) is 1. The van der Waals surface area contributed by atoms with E-state index in [0.29, 0.717) is 41.6 Å². The summed E-state index contributed by atoms with van der Waals surface area (Å²) in [7, 11) is 0. The molecule has 0 aliphatic carbocycles. The van der Waals surface area contributed by atoms with E-state index in [1.807, 2.05) is 42.5 Å². The number of nitrogens with zero attached hydrogens (tertiary/aromatic N) is 1. The van der Waals surface area contributed by atoms with E-state index in [-0.39, 0.29) is 17.9 Å². The van der Waals surface area contributed by atoms with Crippen LogP contribution in [0.1, 0.15) is 48.3 Å². The Morgan fingerprint density at radius 1 is 0.875 bits per heavy atom. The first-order chi connectivity index (χ1) is 19.5. The van der Waals surface area contributed by atoms with Crippen molar-refractivity contribution in [2.45, 2.75) is 39.0 Å². The van der Waals surface area contributed by atoms with Crippen molar-refractivity contribution in [3.05, 3.63) is 125 Å². The molecule has 1 aliphatic rings. The summed E-state index contributed by atoms with van der Waals surface area (Å²) in [6, 6.07) is 26.6. The van der Waals surface area contributed by atoms with Gasteiger partial charge in [0.05, 0.1) is 31.0 Å². The lowest BCUT2D eigenvalue weighted by atomic mass is 9.95. The zero-order valence-electron chi connectivity index (χ0n) is 22.3. The minimum Gasteiger partial charge on any atom is -0.507 e. The fraction of sp³-hybridized carbons (Fsp3) is 0.212. The first kappa shape index (κ1) is 26.8. The molecule has 0 spiro atoms. The van der Waals surface area contributed by atoms with Crippen LogP contribution in [0.15, 0.2) is 107 Å². The third-order valence-corrected chi connectivity index (χ3v) is 6.78. The van der Waals surface area contributed by atoms with Crippen molar-refractivity contribution in [3.8, 4) is 11.5 Å². The number of ketones is 1. The molecule has 0 bridgehead atoms. The van der Waals surface area contributed by atoms with E-state index in [4.69, 9.17) is 13.9 Å². The van der Waals surface area contributed by atoms with Crippen LogP contribution in [-0.2, 0) is 22.7 Å². The number of aliphatic hydroxyl groups is 1. The van der Waals surface area contributed by atoms with Crippen molar-refractivity contribution < 1.29 is 28.6 Å². The van der Waals surface area contributed by atoms with Crippen LogP contribution in [0, 0.1) is 0 Å². The Morgan fingerprint density at radius 3 is 2.25 bits per heavy atom. The van der Waals surface area contributed by atoms with Crippen molar-refractivity contribution in [2.24, 2.45) is 0 Å². The van der Waals surface area contributed by atoms with Crippen molar-refractivity contribution in [3.63, 3.8) is 0 Å². The Kier molecular flexibility index (Phi) is 8.30. The zero-order valence-corrected chi connectivity index (χ0v) is 22.3. The average Bonchev–Trinajstić information content (AvgIpc) is 3.59. The third kappa shape index (κ3) is 5.94. The number of benzene rings is 3. The Labute approximate surface area is 233 Å². The fourth-order valence-corrected chi connectivity index (χ4v) is 4.65. The number of rotatable bonds is 11. The van der Waals surface area contributed by atoms with Crippen LogP contribution >= 0.6 is 0 Å². The molecule has 40 heavy (non-hydrogen) atoms. The van der Waals surface area contributed by atoms with E-state index in [2.05, 4.69) is 6.92 Å². The van der Waals surface area contributed by atoms with Gasteiger partial charge < -0.3 is 23.9 Å². The predicted octanol–water partition coefficient (Wildman–Crippen LogP) is 6.66. The summed E-state index contributed by atoms with van der Waals surface area (Å²) in [5.41, 5.74) is 2.15. The highest BCUT2D eigenvalue weighted by Gasteiger charge is 2.46. The standard InChI is InChI=1S/C33H31NO6/c1-2-3-19-38-26-17-13-25(14-18-26)31(35)29-30(34(33(37)32(29)36)21-28-10-7-20-39-28)24-11-15-27(16-12-24)40-22-23-8-5-4-6-9-23/h4-18,20,30,35H,2-3,19,21-22H2,1H3/t30-/m1/s1. The van der Waals surface area contributed by atoms with E-state index in [1.54, 1.807) is 48.5 Å². The van der Waals surface area contributed by atoms with Gasteiger partial charge in [0.1, 0.15) is 29.6 Å². The molecule has 1 N–H and O–H groups in total. The van der Waals surface area contributed by atoms with E-state index in [9.17, 15) is 14.7 Å². The number of hydrogen-bond donors (Lipinski definition) is 1. The second-order valence-electron chi connectivity index (χ2n) is 9.58. The van der Waals surface area contributed by atoms with Crippen LogP contribution < -0.4 is 9.47 Å². The van der Waals surface area contributed by atoms with E-state index < -0.39 is 17.7 Å². The molecule has 0 saturated carbocycles. The highest BCUT2D eigenvalue weighted by Crippen LogP contribution is 2.41. The maximum Gasteiger partial charge on any atom is 0.296 e. The van der Waals surface area contributed by atoms with Gasteiger partial charge in [0.15, 0.2) is 0 Å². The van der Waals surface area contributed by atoms with Crippen LogP contribution in [-0.4, -0.2) is 28.3 Å². The highest BCUT2D eigenvalue weighted by molar-refractivity contribution is 6.46. The molecule has 1 aromatic heterocycles. The summed E-state index contributed by atoms with van der Waals surface area (Å²) in [5, 5.41) is 11.3. The summed E-state index contributed by atoms with van der Waals surface area (Å²) >= 11 is 0. The Balaban J connectivity index is 1.45. The Morgan fingerprint density at radius 2 is 1.57 bits per heavy atom. The van der Waals surface area contributed by atoms with E-state index in [1.165, 1.54) is 11.2 Å². The molecule has 4 aromatic rings. The van der Waals surface area contributed by atoms with E-state index >= 15 is 0 Å². The molecule has 0 radical (unpaired) electrons. The molecule has 7 heteroatoms. The molecule has 3 aromatic carbocycles. The molecule has 1 saturated heterocycles. The van der Waals surface area contributed by atoms with Gasteiger partial charge >= 0.3 is 0 Å². The third-order valence-electron chi connectivity index (χ3n) is 6.78. The number of aliphatic hydroxyl groups excluding tert-OH is 1. The predicted molar refractivity (Wildman–Crippen MR) is 151 cm³/mol. The van der Waals surface area contributed by atoms with Crippen molar-refractivity contribution in [1.29, 1.82) is 0 Å². The maximum absolute atomic E-state index is 13.3. The van der Waals surface area contributed by atoms with Gasteiger partial charge in [-0.15, -0.1) is 0 Å². The number of Topliss-reactive ketones (excluding diaryl/α,β-unsaturated/α-hetero) is 1. The fourth-order valence-electron chi connectivity index (χ4n) is 4.65. The summed E-state index contributed by atoms with van der Waals surface area (Å²) in [6.45, 7) is 3.18. The number of furan rings is 1. The van der Waals surface area contributed by atoms with Gasteiger partial charge in [0, 0.05) is 5.56 Å². The van der Waals surface area contributed by atoms with Crippen LogP contribution in [0.3, 0.4) is 0 Å². The quantitative estimate of drug-likeness (QED) is 0.0996. The molecule has 2 heterocycles. The minimum absolute atomic E-state index is 0.0224. The second-order valence-corrected chi connectivity index (χ2v) is 9.58. The number of hydrogen-bond acceptors (Lipinski definition) is 6. The largest absolute Gasteiger partial charge is 0.507 e. The Hall–Kier alpha value is -4.78. The second kappa shape index (κ2) is 12.4. The summed E-state index contributed by atoms with van der Waals surface area (Å²) < 4.78 is 17.1. The first-order valence-corrected chi connectivity index (χ1v) is 13.4. The Bertz CT molecular complexity index is 1460. The van der Waals surface area contributed by atoms with Crippen LogP contribution in [0.25, 0.3) is 5.76 Å². The number of carbonyl (C=O) groups excluding carboxylic acids is 2. The maximum atomic E-state index is 13.3. The highest BCUT2D eigenvalue weighted by atomic mass is 16.5. The van der Waals surface area contributed by atoms with Gasteiger partial charge in [-0.1, -0.05) is 55.8 Å². The lowest BCUT2D eigenvalue weighted by molar-refractivity contribution is -0.140. The summed E-state index contributed by atoms with van der Waals surface area (Å²) in [6.07, 6.45) is 3.48. The lowest BCUT2D eigenvalue weighted by Gasteiger charge is -2.24. The molecule has 5 rings (SSSR count). The van der Waals surface area contributed by atoms with Crippen LogP contribution in [0.5, 0.6) is 11.5 Å². The van der Waals surface area contributed by atoms with Gasteiger partial charge in [-0.2, -0.15) is 0 Å². The number of likely N-dealkylation sites (tertiary alicyclic amines) is 1. The average molecular weight is 538 g/mol. The molecule has 0 unspecified atom stereocenters. The topological polar surface area (TPSA) is 89.2 Å². The van der Waals surface area contributed by atoms with Gasteiger partial charge in [-0.3, -0.25) is 9.59 Å². The van der Waals surface area contributed by atoms with Gasteiger partial charge in [0.2, 0.25) is 0 Å². The first-order valence-electron chi connectivity index (χ1n) is 13.4. The summed E-state index contributed by atoms with van der Waals surface area (Å²) in [4.78, 5) is 28.0. The molecule has 1 amide bonds. The normalized spacial score (nSPS) is 16.3. The molecule has 7 nitrogen and oxygen atoms in total. The SMILES string of the molecule is CCCCOc1ccc(C(O)=C2C(=O)C(=O)N(Cc3ccco3)[C@@H]2c2ccc(OCc3ccccc3)cc2)cc1.